The summed E-state index contributed by atoms with van der Waals surface area (Å²) in [4.78, 5) is 24.2. The van der Waals surface area contributed by atoms with Gasteiger partial charge >= 0.3 is 0 Å². The number of amides is 1. The third-order valence-electron chi connectivity index (χ3n) is 3.27. The molecular formula is C13H21N5O2. The number of nitrogen functional groups attached to an aromatic ring is 1. The van der Waals surface area contributed by atoms with Gasteiger partial charge in [0, 0.05) is 33.3 Å². The normalized spacial score (nSPS) is 14.6. The van der Waals surface area contributed by atoms with Crippen molar-refractivity contribution in [2.24, 2.45) is 0 Å². The Morgan fingerprint density at radius 2 is 2.15 bits per heavy atom. The van der Waals surface area contributed by atoms with Gasteiger partial charge < -0.3 is 20.3 Å². The van der Waals surface area contributed by atoms with E-state index in [-0.39, 0.29) is 5.91 Å². The number of anilines is 2. The molecule has 0 saturated carbocycles. The molecule has 1 fully saturated rings. The van der Waals surface area contributed by atoms with Crippen molar-refractivity contribution in [3.63, 3.8) is 0 Å². The van der Waals surface area contributed by atoms with E-state index < -0.39 is 0 Å². The van der Waals surface area contributed by atoms with Gasteiger partial charge in [-0.3, -0.25) is 4.79 Å². The van der Waals surface area contributed by atoms with Gasteiger partial charge in [-0.25, -0.2) is 9.97 Å². The number of carbonyl (C=O) groups is 1. The molecule has 1 aromatic rings. The molecule has 0 unspecified atom stereocenters. The van der Waals surface area contributed by atoms with Crippen LogP contribution in [-0.4, -0.2) is 54.6 Å². The number of likely N-dealkylation sites (N-methyl/N-ethyl adjacent to an activating group) is 1. The molecule has 2 heterocycles. The number of rotatable bonds is 5. The molecule has 0 aromatic carbocycles. The number of likely N-dealkylation sites (tertiary alicyclic amines) is 1. The third kappa shape index (κ3) is 3.57. The van der Waals surface area contributed by atoms with Crippen molar-refractivity contribution in [3.05, 3.63) is 11.9 Å². The smallest absolute Gasteiger partial charge is 0.242 e. The number of nitrogens with zero attached hydrogens (tertiary/aromatic N) is 4. The van der Waals surface area contributed by atoms with Crippen LogP contribution >= 0.6 is 0 Å². The minimum Gasteiger partial charge on any atom is -0.384 e. The maximum absolute atomic E-state index is 12.1. The standard InChI is InChI=1S/C13H21N5O2/c1-17(8-13(19)18-5-3-4-6-18)12-7-10(14)15-11(16-12)9-20-2/h7H,3-6,8-9H2,1-2H3,(H2,14,15,16). The second-order valence-corrected chi connectivity index (χ2v) is 4.94. The zero-order valence-corrected chi connectivity index (χ0v) is 12.0. The van der Waals surface area contributed by atoms with Crippen LogP contribution in [0.3, 0.4) is 0 Å². The average molecular weight is 279 g/mol. The van der Waals surface area contributed by atoms with E-state index >= 15 is 0 Å². The Morgan fingerprint density at radius 3 is 2.80 bits per heavy atom. The highest BCUT2D eigenvalue weighted by Crippen LogP contribution is 2.14. The Hall–Kier alpha value is -1.89. The molecule has 0 bridgehead atoms. The van der Waals surface area contributed by atoms with Crippen molar-refractivity contribution in [1.82, 2.24) is 14.9 Å². The minimum atomic E-state index is 0.121. The summed E-state index contributed by atoms with van der Waals surface area (Å²) in [6.45, 7) is 2.30. The second kappa shape index (κ2) is 6.51. The monoisotopic (exact) mass is 279 g/mol. The summed E-state index contributed by atoms with van der Waals surface area (Å²) >= 11 is 0. The van der Waals surface area contributed by atoms with Crippen LogP contribution in [0.15, 0.2) is 6.07 Å². The van der Waals surface area contributed by atoms with E-state index in [1.165, 1.54) is 0 Å². The zero-order chi connectivity index (χ0) is 14.5. The quantitative estimate of drug-likeness (QED) is 0.832. The van der Waals surface area contributed by atoms with E-state index in [1.807, 2.05) is 11.9 Å². The number of hydrogen-bond donors (Lipinski definition) is 1. The van der Waals surface area contributed by atoms with E-state index in [0.717, 1.165) is 25.9 Å². The average Bonchev–Trinajstić information content (AvgIpc) is 2.92. The topological polar surface area (TPSA) is 84.6 Å². The van der Waals surface area contributed by atoms with Gasteiger partial charge in [0.25, 0.3) is 0 Å². The van der Waals surface area contributed by atoms with E-state index in [9.17, 15) is 4.79 Å². The summed E-state index contributed by atoms with van der Waals surface area (Å²) in [5, 5.41) is 0. The van der Waals surface area contributed by atoms with Crippen molar-refractivity contribution < 1.29 is 9.53 Å². The molecule has 0 radical (unpaired) electrons. The molecule has 1 amide bonds. The van der Waals surface area contributed by atoms with E-state index in [2.05, 4.69) is 9.97 Å². The van der Waals surface area contributed by atoms with Crippen molar-refractivity contribution in [3.8, 4) is 0 Å². The first kappa shape index (κ1) is 14.5. The van der Waals surface area contributed by atoms with Crippen LogP contribution in [0, 0.1) is 0 Å². The first-order valence-electron chi connectivity index (χ1n) is 6.71. The molecule has 1 aliphatic heterocycles. The molecular weight excluding hydrogens is 258 g/mol. The number of aromatic nitrogens is 2. The van der Waals surface area contributed by atoms with Crippen molar-refractivity contribution >= 4 is 17.5 Å². The Labute approximate surface area is 118 Å². The molecule has 7 heteroatoms. The van der Waals surface area contributed by atoms with Gasteiger partial charge in [-0.1, -0.05) is 0 Å². The first-order chi connectivity index (χ1) is 9.60. The predicted molar refractivity (Wildman–Crippen MR) is 76.2 cm³/mol. The van der Waals surface area contributed by atoms with E-state index in [1.54, 1.807) is 18.1 Å². The molecule has 7 nitrogen and oxygen atoms in total. The Morgan fingerprint density at radius 1 is 1.45 bits per heavy atom. The summed E-state index contributed by atoms with van der Waals surface area (Å²) in [6, 6.07) is 1.66. The summed E-state index contributed by atoms with van der Waals surface area (Å²) < 4.78 is 5.01. The lowest BCUT2D eigenvalue weighted by molar-refractivity contribution is -0.128. The van der Waals surface area contributed by atoms with Gasteiger partial charge in [-0.15, -0.1) is 0 Å². The number of carbonyl (C=O) groups excluding carboxylic acids is 1. The van der Waals surface area contributed by atoms with Gasteiger partial charge in [0.15, 0.2) is 5.82 Å². The fraction of sp³-hybridized carbons (Fsp3) is 0.615. The molecule has 2 N–H and O–H groups in total. The Bertz CT molecular complexity index is 474. The molecule has 0 atom stereocenters. The molecule has 20 heavy (non-hydrogen) atoms. The summed E-state index contributed by atoms with van der Waals surface area (Å²) in [5.41, 5.74) is 5.75. The highest BCUT2D eigenvalue weighted by Gasteiger charge is 2.20. The van der Waals surface area contributed by atoms with Crippen LogP contribution < -0.4 is 10.6 Å². The number of methoxy groups -OCH3 is 1. The fourth-order valence-corrected chi connectivity index (χ4v) is 2.24. The Balaban J connectivity index is 2.04. The molecule has 110 valence electrons. The summed E-state index contributed by atoms with van der Waals surface area (Å²) in [7, 11) is 3.40. The lowest BCUT2D eigenvalue weighted by Gasteiger charge is -2.22. The van der Waals surface area contributed by atoms with E-state index in [4.69, 9.17) is 10.5 Å². The number of ether oxygens (including phenoxy) is 1. The molecule has 1 aliphatic rings. The van der Waals surface area contributed by atoms with Gasteiger partial charge in [-0.05, 0) is 12.8 Å². The zero-order valence-electron chi connectivity index (χ0n) is 12.0. The van der Waals surface area contributed by atoms with Crippen LogP contribution in [0.4, 0.5) is 11.6 Å². The maximum atomic E-state index is 12.1. The predicted octanol–water partition coefficient (Wildman–Crippen LogP) is 0.264. The highest BCUT2D eigenvalue weighted by atomic mass is 16.5. The minimum absolute atomic E-state index is 0.121. The highest BCUT2D eigenvalue weighted by molar-refractivity contribution is 5.81. The van der Waals surface area contributed by atoms with Gasteiger partial charge in [-0.2, -0.15) is 0 Å². The van der Waals surface area contributed by atoms with Crippen LogP contribution in [0.25, 0.3) is 0 Å². The summed E-state index contributed by atoms with van der Waals surface area (Å²) in [6.07, 6.45) is 2.18. The fourth-order valence-electron chi connectivity index (χ4n) is 2.24. The molecule has 0 aliphatic carbocycles. The van der Waals surface area contributed by atoms with Crippen molar-refractivity contribution in [1.29, 1.82) is 0 Å². The van der Waals surface area contributed by atoms with Gasteiger partial charge in [0.1, 0.15) is 18.2 Å². The van der Waals surface area contributed by atoms with Crippen LogP contribution in [0.5, 0.6) is 0 Å². The van der Waals surface area contributed by atoms with Crippen molar-refractivity contribution in [2.45, 2.75) is 19.4 Å². The number of hydrogen-bond acceptors (Lipinski definition) is 6. The SMILES string of the molecule is COCc1nc(N)cc(N(C)CC(=O)N2CCCC2)n1. The lowest BCUT2D eigenvalue weighted by atomic mass is 10.4. The largest absolute Gasteiger partial charge is 0.384 e. The lowest BCUT2D eigenvalue weighted by Crippen LogP contribution is -2.37. The van der Waals surface area contributed by atoms with E-state index in [0.29, 0.717) is 30.6 Å². The van der Waals surface area contributed by atoms with Crippen LogP contribution in [0.1, 0.15) is 18.7 Å². The second-order valence-electron chi connectivity index (χ2n) is 4.94. The molecule has 1 saturated heterocycles. The van der Waals surface area contributed by atoms with Gasteiger partial charge in [0.2, 0.25) is 5.91 Å². The molecule has 1 aromatic heterocycles. The molecule has 0 spiro atoms. The maximum Gasteiger partial charge on any atom is 0.242 e. The first-order valence-corrected chi connectivity index (χ1v) is 6.71. The van der Waals surface area contributed by atoms with Gasteiger partial charge in [0.05, 0.1) is 6.54 Å². The molecule has 2 rings (SSSR count). The van der Waals surface area contributed by atoms with Crippen molar-refractivity contribution in [2.75, 3.05) is 44.4 Å². The third-order valence-corrected chi connectivity index (χ3v) is 3.27. The number of nitrogens with two attached hydrogens (primary N) is 1. The Kier molecular flexibility index (Phi) is 4.73. The van der Waals surface area contributed by atoms with Crippen LogP contribution in [-0.2, 0) is 16.1 Å². The summed E-state index contributed by atoms with van der Waals surface area (Å²) in [5.74, 6) is 1.65. The van der Waals surface area contributed by atoms with Crippen LogP contribution in [0.2, 0.25) is 0 Å².